The van der Waals surface area contributed by atoms with E-state index in [1.165, 1.54) is 6.33 Å². The van der Waals surface area contributed by atoms with Crippen molar-refractivity contribution in [2.45, 2.75) is 26.4 Å². The summed E-state index contributed by atoms with van der Waals surface area (Å²) in [5, 5.41) is 2.02. The molecule has 2 aromatic heterocycles. The van der Waals surface area contributed by atoms with Crippen LogP contribution in [-0.2, 0) is 6.61 Å². The van der Waals surface area contributed by atoms with Crippen LogP contribution in [0.1, 0.15) is 30.2 Å². The molecule has 0 fully saturated rings. The van der Waals surface area contributed by atoms with Crippen molar-refractivity contribution in [3.05, 3.63) is 34.3 Å². The molecule has 90 valence electrons. The number of anilines is 1. The van der Waals surface area contributed by atoms with Gasteiger partial charge in [0.1, 0.15) is 18.8 Å². The van der Waals surface area contributed by atoms with Crippen LogP contribution in [0, 0.1) is 0 Å². The zero-order valence-corrected chi connectivity index (χ0v) is 10.7. The zero-order chi connectivity index (χ0) is 12.3. The first-order valence-corrected chi connectivity index (χ1v) is 6.32. The smallest absolute Gasteiger partial charge is 0.222 e. The molecule has 0 atom stereocenters. The largest absolute Gasteiger partial charge is 0.472 e. The van der Waals surface area contributed by atoms with E-state index in [0.29, 0.717) is 18.3 Å². The summed E-state index contributed by atoms with van der Waals surface area (Å²) in [4.78, 5) is 9.31. The minimum absolute atomic E-state index is 0.245. The number of thiophene rings is 1. The van der Waals surface area contributed by atoms with E-state index in [4.69, 9.17) is 10.5 Å². The van der Waals surface area contributed by atoms with Gasteiger partial charge in [-0.1, -0.05) is 19.9 Å². The molecule has 0 bridgehead atoms. The third-order valence-electron chi connectivity index (χ3n) is 2.39. The summed E-state index contributed by atoms with van der Waals surface area (Å²) in [6.45, 7) is 4.62. The fourth-order valence-electron chi connectivity index (χ4n) is 1.58. The number of rotatable bonds is 4. The van der Waals surface area contributed by atoms with Gasteiger partial charge in [-0.15, -0.1) is 11.3 Å². The Balaban J connectivity index is 2.18. The topological polar surface area (TPSA) is 61.0 Å². The Morgan fingerprint density at radius 2 is 2.24 bits per heavy atom. The maximum atomic E-state index is 5.84. The quantitative estimate of drug-likeness (QED) is 0.905. The number of aromatic nitrogens is 2. The van der Waals surface area contributed by atoms with Gasteiger partial charge in [-0.2, -0.15) is 0 Å². The van der Waals surface area contributed by atoms with Gasteiger partial charge in [0, 0.05) is 4.88 Å². The second-order valence-corrected chi connectivity index (χ2v) is 5.03. The van der Waals surface area contributed by atoms with Gasteiger partial charge in [0.25, 0.3) is 0 Å². The van der Waals surface area contributed by atoms with Crippen molar-refractivity contribution in [3.8, 4) is 5.88 Å². The fourth-order valence-corrected chi connectivity index (χ4v) is 2.20. The molecule has 0 aliphatic rings. The van der Waals surface area contributed by atoms with E-state index in [2.05, 4.69) is 9.97 Å². The van der Waals surface area contributed by atoms with Gasteiger partial charge in [-0.05, 0) is 17.4 Å². The molecule has 0 radical (unpaired) electrons. The van der Waals surface area contributed by atoms with Crippen LogP contribution in [0.25, 0.3) is 0 Å². The lowest BCUT2D eigenvalue weighted by Crippen LogP contribution is -2.06. The first-order chi connectivity index (χ1) is 8.18. The van der Waals surface area contributed by atoms with Gasteiger partial charge in [0.15, 0.2) is 0 Å². The molecule has 5 heteroatoms. The Hall–Kier alpha value is -1.62. The van der Waals surface area contributed by atoms with Gasteiger partial charge < -0.3 is 10.5 Å². The molecule has 0 saturated heterocycles. The summed E-state index contributed by atoms with van der Waals surface area (Å²) in [5.74, 6) is 1.33. The molecule has 0 aliphatic heterocycles. The summed E-state index contributed by atoms with van der Waals surface area (Å²) in [7, 11) is 0. The summed E-state index contributed by atoms with van der Waals surface area (Å²) in [6, 6.07) is 4.03. The van der Waals surface area contributed by atoms with Crippen LogP contribution in [0.4, 0.5) is 5.82 Å². The predicted octanol–water partition coefficient (Wildman–Crippen LogP) is 2.82. The molecule has 2 aromatic rings. The van der Waals surface area contributed by atoms with Crippen LogP contribution in [0.5, 0.6) is 5.88 Å². The Morgan fingerprint density at radius 1 is 1.41 bits per heavy atom. The van der Waals surface area contributed by atoms with Crippen LogP contribution in [0.3, 0.4) is 0 Å². The number of nitrogens with two attached hydrogens (primary N) is 1. The maximum Gasteiger partial charge on any atom is 0.222 e. The maximum absolute atomic E-state index is 5.84. The van der Waals surface area contributed by atoms with E-state index in [0.717, 1.165) is 10.4 Å². The van der Waals surface area contributed by atoms with Gasteiger partial charge >= 0.3 is 0 Å². The van der Waals surface area contributed by atoms with E-state index in [1.54, 1.807) is 11.3 Å². The zero-order valence-electron chi connectivity index (χ0n) is 9.88. The van der Waals surface area contributed by atoms with Crippen molar-refractivity contribution in [1.82, 2.24) is 9.97 Å². The van der Waals surface area contributed by atoms with Crippen molar-refractivity contribution >= 4 is 17.2 Å². The standard InChI is InChI=1S/C12H15N3OS/c1-8(2)10-11(13)14-7-15-12(10)16-6-9-4-3-5-17-9/h3-5,7-8H,6H2,1-2H3,(H2,13,14,15). The van der Waals surface area contributed by atoms with Gasteiger partial charge in [-0.3, -0.25) is 0 Å². The van der Waals surface area contributed by atoms with Crippen molar-refractivity contribution in [2.24, 2.45) is 0 Å². The van der Waals surface area contributed by atoms with Crippen LogP contribution >= 0.6 is 11.3 Å². The number of ether oxygens (including phenoxy) is 1. The van der Waals surface area contributed by atoms with Crippen LogP contribution < -0.4 is 10.5 Å². The lowest BCUT2D eigenvalue weighted by atomic mass is 10.1. The van der Waals surface area contributed by atoms with Crippen molar-refractivity contribution in [1.29, 1.82) is 0 Å². The van der Waals surface area contributed by atoms with Gasteiger partial charge in [-0.25, -0.2) is 9.97 Å². The Kier molecular flexibility index (Phi) is 3.58. The van der Waals surface area contributed by atoms with Crippen LogP contribution in [0.15, 0.2) is 23.8 Å². The highest BCUT2D eigenvalue weighted by Crippen LogP contribution is 2.28. The summed E-state index contributed by atoms with van der Waals surface area (Å²) in [6.07, 6.45) is 1.44. The number of nitrogens with zero attached hydrogens (tertiary/aromatic N) is 2. The lowest BCUT2D eigenvalue weighted by molar-refractivity contribution is 0.292. The summed E-state index contributed by atoms with van der Waals surface area (Å²) >= 11 is 1.66. The molecular weight excluding hydrogens is 234 g/mol. The first-order valence-electron chi connectivity index (χ1n) is 5.44. The normalized spacial score (nSPS) is 10.8. The number of hydrogen-bond acceptors (Lipinski definition) is 5. The molecule has 4 nitrogen and oxygen atoms in total. The summed E-state index contributed by atoms with van der Waals surface area (Å²) < 4.78 is 5.70. The Bertz CT molecular complexity index is 483. The highest BCUT2D eigenvalue weighted by Gasteiger charge is 2.14. The van der Waals surface area contributed by atoms with Crippen molar-refractivity contribution in [2.75, 3.05) is 5.73 Å². The lowest BCUT2D eigenvalue weighted by Gasteiger charge is -2.13. The van der Waals surface area contributed by atoms with E-state index in [1.807, 2.05) is 31.4 Å². The molecule has 2 rings (SSSR count). The summed E-state index contributed by atoms with van der Waals surface area (Å²) in [5.41, 5.74) is 6.72. The third-order valence-corrected chi connectivity index (χ3v) is 3.24. The van der Waals surface area contributed by atoms with E-state index >= 15 is 0 Å². The minimum atomic E-state index is 0.245. The third kappa shape index (κ3) is 2.74. The van der Waals surface area contributed by atoms with E-state index < -0.39 is 0 Å². The highest BCUT2D eigenvalue weighted by molar-refractivity contribution is 7.09. The molecule has 0 aliphatic carbocycles. The second kappa shape index (κ2) is 5.14. The van der Waals surface area contributed by atoms with Crippen LogP contribution in [-0.4, -0.2) is 9.97 Å². The fraction of sp³-hybridized carbons (Fsp3) is 0.333. The molecule has 17 heavy (non-hydrogen) atoms. The second-order valence-electron chi connectivity index (χ2n) is 4.00. The van der Waals surface area contributed by atoms with Crippen molar-refractivity contribution < 1.29 is 4.74 Å². The van der Waals surface area contributed by atoms with Crippen molar-refractivity contribution in [3.63, 3.8) is 0 Å². The first kappa shape index (κ1) is 11.9. The molecule has 0 aromatic carbocycles. The average Bonchev–Trinajstić information content (AvgIpc) is 2.78. The molecule has 2 N–H and O–H groups in total. The predicted molar refractivity (Wildman–Crippen MR) is 69.2 cm³/mol. The highest BCUT2D eigenvalue weighted by atomic mass is 32.1. The molecule has 0 spiro atoms. The molecule has 0 saturated carbocycles. The van der Waals surface area contributed by atoms with Gasteiger partial charge in [0.2, 0.25) is 5.88 Å². The molecular formula is C12H15N3OS. The molecule has 2 heterocycles. The SMILES string of the molecule is CC(C)c1c(N)ncnc1OCc1cccs1. The Morgan fingerprint density at radius 3 is 2.88 bits per heavy atom. The minimum Gasteiger partial charge on any atom is -0.472 e. The van der Waals surface area contributed by atoms with Crippen LogP contribution in [0.2, 0.25) is 0 Å². The number of hydrogen-bond donors (Lipinski definition) is 1. The van der Waals surface area contributed by atoms with Gasteiger partial charge in [0.05, 0.1) is 5.56 Å². The van der Waals surface area contributed by atoms with E-state index in [-0.39, 0.29) is 5.92 Å². The van der Waals surface area contributed by atoms with E-state index in [9.17, 15) is 0 Å². The monoisotopic (exact) mass is 249 g/mol. The number of nitrogen functional groups attached to an aromatic ring is 1. The molecule has 0 unspecified atom stereocenters. The Labute approximate surface area is 104 Å². The average molecular weight is 249 g/mol. The molecule has 0 amide bonds.